The van der Waals surface area contributed by atoms with E-state index in [0.29, 0.717) is 11.7 Å². The number of hydrogen-bond donors (Lipinski definition) is 1. The molecular weight excluding hydrogens is 306 g/mol. The lowest BCUT2D eigenvalue weighted by molar-refractivity contribution is -0.139. The lowest BCUT2D eigenvalue weighted by Gasteiger charge is -2.32. The Labute approximate surface area is 141 Å². The fourth-order valence-electron chi connectivity index (χ4n) is 3.06. The Balaban J connectivity index is 1.56. The molecule has 2 heterocycles. The van der Waals surface area contributed by atoms with E-state index < -0.39 is 5.97 Å². The second-order valence-electron chi connectivity index (χ2n) is 6.03. The van der Waals surface area contributed by atoms with Crippen LogP contribution in [-0.4, -0.2) is 45.6 Å². The van der Waals surface area contributed by atoms with Crippen LogP contribution in [-0.2, 0) is 11.3 Å². The van der Waals surface area contributed by atoms with Crippen molar-refractivity contribution in [2.24, 2.45) is 0 Å². The summed E-state index contributed by atoms with van der Waals surface area (Å²) >= 11 is 0. The van der Waals surface area contributed by atoms with Crippen molar-refractivity contribution in [1.82, 2.24) is 14.9 Å². The maximum atomic E-state index is 10.5. The van der Waals surface area contributed by atoms with Gasteiger partial charge in [-0.15, -0.1) is 0 Å². The highest BCUT2D eigenvalue weighted by Gasteiger charge is 2.22. The number of benzene rings is 1. The first-order chi connectivity index (χ1) is 11.7. The van der Waals surface area contributed by atoms with Crippen molar-refractivity contribution in [2.45, 2.75) is 25.3 Å². The van der Waals surface area contributed by atoms with Gasteiger partial charge in [-0.3, -0.25) is 14.9 Å². The van der Waals surface area contributed by atoms with Crippen LogP contribution in [0.3, 0.4) is 0 Å². The van der Waals surface area contributed by atoms with Crippen molar-refractivity contribution in [3.8, 4) is 5.75 Å². The molecule has 1 aliphatic rings. The number of aromatic nitrogens is 2. The van der Waals surface area contributed by atoms with E-state index in [1.807, 2.05) is 30.5 Å². The molecule has 126 valence electrons. The van der Waals surface area contributed by atoms with E-state index in [2.05, 4.69) is 14.9 Å². The number of likely N-dealkylation sites (tertiary alicyclic amines) is 1. The lowest BCUT2D eigenvalue weighted by atomic mass is 9.94. The second-order valence-corrected chi connectivity index (χ2v) is 6.03. The normalized spacial score (nSPS) is 18.2. The van der Waals surface area contributed by atoms with E-state index in [4.69, 9.17) is 9.84 Å². The molecule has 2 aromatic rings. The van der Waals surface area contributed by atoms with Gasteiger partial charge >= 0.3 is 5.97 Å². The van der Waals surface area contributed by atoms with Crippen LogP contribution < -0.4 is 4.74 Å². The molecule has 0 spiro atoms. The first kappa shape index (κ1) is 16.4. The predicted octanol–water partition coefficient (Wildman–Crippen LogP) is 2.32. The summed E-state index contributed by atoms with van der Waals surface area (Å²) in [6.45, 7) is 2.62. The SMILES string of the molecule is O=C(O)COc1ccc(CN2CCCC(c3cnccn3)C2)cc1. The zero-order valence-corrected chi connectivity index (χ0v) is 13.5. The maximum Gasteiger partial charge on any atom is 0.341 e. The number of carbonyl (C=O) groups is 1. The molecule has 1 aromatic carbocycles. The number of carboxylic acids is 1. The predicted molar refractivity (Wildman–Crippen MR) is 88.9 cm³/mol. The molecule has 1 aliphatic heterocycles. The van der Waals surface area contributed by atoms with Crippen molar-refractivity contribution in [1.29, 1.82) is 0 Å². The van der Waals surface area contributed by atoms with Gasteiger partial charge in [-0.25, -0.2) is 4.79 Å². The monoisotopic (exact) mass is 327 g/mol. The standard InChI is InChI=1S/C18H21N3O3/c22-18(23)13-24-16-5-3-14(4-6-16)11-21-9-1-2-15(12-21)17-10-19-7-8-20-17/h3-8,10,15H,1-2,9,11-13H2,(H,22,23). The van der Waals surface area contributed by atoms with Crippen molar-refractivity contribution in [3.05, 3.63) is 54.1 Å². The molecule has 0 saturated carbocycles. The van der Waals surface area contributed by atoms with E-state index >= 15 is 0 Å². The molecular formula is C18H21N3O3. The van der Waals surface area contributed by atoms with Gasteiger partial charge in [0, 0.05) is 37.6 Å². The van der Waals surface area contributed by atoms with Gasteiger partial charge in [-0.1, -0.05) is 12.1 Å². The Hall–Kier alpha value is -2.47. The van der Waals surface area contributed by atoms with Crippen LogP contribution in [0.15, 0.2) is 42.9 Å². The number of hydrogen-bond acceptors (Lipinski definition) is 5. The highest BCUT2D eigenvalue weighted by atomic mass is 16.5. The van der Waals surface area contributed by atoms with Gasteiger partial charge < -0.3 is 9.84 Å². The summed E-state index contributed by atoms with van der Waals surface area (Å²) in [4.78, 5) is 21.5. The van der Waals surface area contributed by atoms with Gasteiger partial charge in [0.25, 0.3) is 0 Å². The minimum absolute atomic E-state index is 0.314. The van der Waals surface area contributed by atoms with E-state index in [1.54, 1.807) is 12.4 Å². The van der Waals surface area contributed by atoms with Crippen LogP contribution in [0.2, 0.25) is 0 Å². The number of aliphatic carboxylic acids is 1. The van der Waals surface area contributed by atoms with Gasteiger partial charge in [0.2, 0.25) is 0 Å². The molecule has 6 heteroatoms. The third-order valence-corrected chi connectivity index (χ3v) is 4.20. The average molecular weight is 327 g/mol. The van der Waals surface area contributed by atoms with Crippen LogP contribution in [0.25, 0.3) is 0 Å². The number of ether oxygens (including phenoxy) is 1. The largest absolute Gasteiger partial charge is 0.482 e. The van der Waals surface area contributed by atoms with Crippen LogP contribution in [0.1, 0.15) is 30.0 Å². The van der Waals surface area contributed by atoms with Crippen molar-refractivity contribution >= 4 is 5.97 Å². The summed E-state index contributed by atoms with van der Waals surface area (Å²) in [7, 11) is 0. The molecule has 0 radical (unpaired) electrons. The summed E-state index contributed by atoms with van der Waals surface area (Å²) in [6.07, 6.45) is 7.63. The van der Waals surface area contributed by atoms with Gasteiger partial charge in [-0.05, 0) is 37.1 Å². The smallest absolute Gasteiger partial charge is 0.341 e. The number of rotatable bonds is 6. The van der Waals surface area contributed by atoms with Crippen LogP contribution in [0, 0.1) is 0 Å². The van der Waals surface area contributed by atoms with Crippen LogP contribution in [0.4, 0.5) is 0 Å². The molecule has 0 amide bonds. The fourth-order valence-corrected chi connectivity index (χ4v) is 3.06. The number of piperidine rings is 1. The summed E-state index contributed by atoms with van der Waals surface area (Å²) in [5.41, 5.74) is 2.26. The summed E-state index contributed by atoms with van der Waals surface area (Å²) in [6, 6.07) is 7.62. The molecule has 1 atom stereocenters. The molecule has 24 heavy (non-hydrogen) atoms. The molecule has 1 N–H and O–H groups in total. The Morgan fingerprint density at radius 2 is 2.12 bits per heavy atom. The highest BCUT2D eigenvalue weighted by Crippen LogP contribution is 2.26. The van der Waals surface area contributed by atoms with E-state index in [9.17, 15) is 4.79 Å². The Morgan fingerprint density at radius 3 is 2.83 bits per heavy atom. The minimum atomic E-state index is -0.970. The zero-order chi connectivity index (χ0) is 16.8. The molecule has 1 aromatic heterocycles. The van der Waals surface area contributed by atoms with E-state index in [-0.39, 0.29) is 6.61 Å². The second kappa shape index (κ2) is 7.88. The van der Waals surface area contributed by atoms with E-state index in [1.165, 1.54) is 5.56 Å². The van der Waals surface area contributed by atoms with Crippen molar-refractivity contribution < 1.29 is 14.6 Å². The average Bonchev–Trinajstić information content (AvgIpc) is 2.62. The molecule has 1 saturated heterocycles. The summed E-state index contributed by atoms with van der Waals surface area (Å²) < 4.78 is 5.16. The summed E-state index contributed by atoms with van der Waals surface area (Å²) in [5.74, 6) is 0.0466. The minimum Gasteiger partial charge on any atom is -0.482 e. The summed E-state index contributed by atoms with van der Waals surface area (Å²) in [5, 5.41) is 8.62. The van der Waals surface area contributed by atoms with Gasteiger partial charge in [0.15, 0.2) is 6.61 Å². The molecule has 0 bridgehead atoms. The van der Waals surface area contributed by atoms with Gasteiger partial charge in [0.05, 0.1) is 5.69 Å². The van der Waals surface area contributed by atoms with Gasteiger partial charge in [-0.2, -0.15) is 0 Å². The Morgan fingerprint density at radius 1 is 1.29 bits per heavy atom. The van der Waals surface area contributed by atoms with Crippen LogP contribution in [0.5, 0.6) is 5.75 Å². The number of nitrogens with zero attached hydrogens (tertiary/aromatic N) is 3. The molecule has 1 unspecified atom stereocenters. The number of carboxylic acid groups (broad SMARTS) is 1. The molecule has 3 rings (SSSR count). The first-order valence-electron chi connectivity index (χ1n) is 8.12. The van der Waals surface area contributed by atoms with E-state index in [0.717, 1.165) is 38.2 Å². The molecule has 0 aliphatic carbocycles. The van der Waals surface area contributed by atoms with Crippen molar-refractivity contribution in [3.63, 3.8) is 0 Å². The van der Waals surface area contributed by atoms with Gasteiger partial charge in [0.1, 0.15) is 5.75 Å². The molecule has 1 fully saturated rings. The van der Waals surface area contributed by atoms with Crippen LogP contribution >= 0.6 is 0 Å². The fraction of sp³-hybridized carbons (Fsp3) is 0.389. The third kappa shape index (κ3) is 4.52. The first-order valence-corrected chi connectivity index (χ1v) is 8.12. The topological polar surface area (TPSA) is 75.6 Å². The maximum absolute atomic E-state index is 10.5. The van der Waals surface area contributed by atoms with Crippen molar-refractivity contribution in [2.75, 3.05) is 19.7 Å². The molecule has 6 nitrogen and oxygen atoms in total. The highest BCUT2D eigenvalue weighted by molar-refractivity contribution is 5.68. The Kier molecular flexibility index (Phi) is 5.38. The third-order valence-electron chi connectivity index (χ3n) is 4.20. The Bertz CT molecular complexity index is 661. The lowest BCUT2D eigenvalue weighted by Crippen LogP contribution is -2.34. The zero-order valence-electron chi connectivity index (χ0n) is 13.5. The quantitative estimate of drug-likeness (QED) is 0.877.